The van der Waals surface area contributed by atoms with Gasteiger partial charge in [-0.1, -0.05) is 30.3 Å². The quantitative estimate of drug-likeness (QED) is 0.769. The summed E-state index contributed by atoms with van der Waals surface area (Å²) in [4.78, 5) is 22.0. The van der Waals surface area contributed by atoms with E-state index in [1.807, 2.05) is 25.1 Å². The summed E-state index contributed by atoms with van der Waals surface area (Å²) in [6, 6.07) is 12.2. The number of nitrogens with one attached hydrogen (secondary N) is 1. The van der Waals surface area contributed by atoms with Crippen LogP contribution in [0.1, 0.15) is 38.2 Å². The lowest BCUT2D eigenvalue weighted by Crippen LogP contribution is -2.30. The minimum Gasteiger partial charge on any atom is -0.343 e. The fourth-order valence-electron chi connectivity index (χ4n) is 2.54. The predicted molar refractivity (Wildman–Crippen MR) is 96.2 cm³/mol. The van der Waals surface area contributed by atoms with E-state index in [2.05, 4.69) is 45.8 Å². The average molecular weight is 337 g/mol. The van der Waals surface area contributed by atoms with E-state index < -0.39 is 0 Å². The molecule has 1 aromatic carbocycles. The molecule has 0 aliphatic heterocycles. The highest BCUT2D eigenvalue weighted by Crippen LogP contribution is 2.27. The van der Waals surface area contributed by atoms with Crippen LogP contribution in [0, 0.1) is 13.8 Å². The van der Waals surface area contributed by atoms with Gasteiger partial charge in [0.1, 0.15) is 5.69 Å². The fraction of sp³-hybridized carbons (Fsp3) is 0.211. The summed E-state index contributed by atoms with van der Waals surface area (Å²) in [5.41, 5.74) is 3.51. The number of aryl methyl sites for hydroxylation is 2. The number of nitrogens with zero attached hydrogens (tertiary/aromatic N) is 2. The highest BCUT2D eigenvalue weighted by atomic mass is 32.1. The number of benzene rings is 1. The molecule has 0 aliphatic rings. The van der Waals surface area contributed by atoms with Crippen LogP contribution in [0.15, 0.2) is 54.2 Å². The molecular weight excluding hydrogens is 318 g/mol. The molecule has 24 heavy (non-hydrogen) atoms. The Balaban J connectivity index is 1.83. The molecule has 0 saturated heterocycles. The van der Waals surface area contributed by atoms with Gasteiger partial charge in [0.25, 0.3) is 5.91 Å². The molecule has 4 nitrogen and oxygen atoms in total. The zero-order valence-electron chi connectivity index (χ0n) is 13.7. The molecule has 0 radical (unpaired) electrons. The molecule has 3 rings (SSSR count). The van der Waals surface area contributed by atoms with Gasteiger partial charge in [-0.2, -0.15) is 0 Å². The van der Waals surface area contributed by atoms with Crippen molar-refractivity contribution in [3.8, 4) is 0 Å². The molecule has 0 aliphatic carbocycles. The molecule has 1 amide bonds. The van der Waals surface area contributed by atoms with Crippen molar-refractivity contribution >= 4 is 17.2 Å². The van der Waals surface area contributed by atoms with E-state index in [0.717, 1.165) is 12.1 Å². The molecule has 0 fully saturated rings. The van der Waals surface area contributed by atoms with Gasteiger partial charge in [-0.3, -0.25) is 9.78 Å². The van der Waals surface area contributed by atoms with Gasteiger partial charge in [0.15, 0.2) is 0 Å². The van der Waals surface area contributed by atoms with E-state index in [1.54, 1.807) is 17.5 Å². The zero-order chi connectivity index (χ0) is 16.9. The minimum atomic E-state index is -0.198. The first-order chi connectivity index (χ1) is 11.6. The van der Waals surface area contributed by atoms with Crippen molar-refractivity contribution in [2.24, 2.45) is 0 Å². The highest BCUT2D eigenvalue weighted by molar-refractivity contribution is 7.10. The van der Waals surface area contributed by atoms with Crippen molar-refractivity contribution in [2.45, 2.75) is 26.3 Å². The summed E-state index contributed by atoms with van der Waals surface area (Å²) in [5, 5.41) is 5.17. The van der Waals surface area contributed by atoms with Gasteiger partial charge >= 0.3 is 0 Å². The number of hydrogen-bond acceptors (Lipinski definition) is 4. The number of aromatic nitrogens is 2. The van der Waals surface area contributed by atoms with Crippen molar-refractivity contribution < 1.29 is 4.79 Å². The number of hydrogen-bond donors (Lipinski definition) is 1. The highest BCUT2D eigenvalue weighted by Gasteiger charge is 2.20. The number of amides is 1. The summed E-state index contributed by atoms with van der Waals surface area (Å²) < 4.78 is 0. The summed E-state index contributed by atoms with van der Waals surface area (Å²) in [6.45, 7) is 3.92. The third-order valence-electron chi connectivity index (χ3n) is 3.82. The maximum Gasteiger partial charge on any atom is 0.271 e. The molecule has 3 aromatic rings. The van der Waals surface area contributed by atoms with Gasteiger partial charge in [0, 0.05) is 11.1 Å². The molecule has 5 heteroatoms. The largest absolute Gasteiger partial charge is 0.343 e. The van der Waals surface area contributed by atoms with E-state index in [4.69, 9.17) is 0 Å². The fourth-order valence-corrected chi connectivity index (χ4v) is 3.52. The van der Waals surface area contributed by atoms with Crippen LogP contribution in [-0.4, -0.2) is 15.9 Å². The van der Waals surface area contributed by atoms with Gasteiger partial charge in [-0.05, 0) is 42.8 Å². The van der Waals surface area contributed by atoms with Crippen molar-refractivity contribution in [2.75, 3.05) is 0 Å². The lowest BCUT2D eigenvalue weighted by atomic mass is 10.0. The first-order valence-electron chi connectivity index (χ1n) is 7.81. The summed E-state index contributed by atoms with van der Waals surface area (Å²) in [5.74, 6) is -0.198. The number of carbonyl (C=O) groups is 1. The summed E-state index contributed by atoms with van der Waals surface area (Å²) >= 11 is 1.67. The standard InChI is InChI=1S/C19H19N3OS/c1-13-8-9-24-18(13)16(10-15-6-4-3-5-7-15)22-19(23)17-12-20-14(2)11-21-17/h3-9,11-12,16H,10H2,1-2H3,(H,22,23). The van der Waals surface area contributed by atoms with Crippen LogP contribution in [0.5, 0.6) is 0 Å². The van der Waals surface area contributed by atoms with E-state index in [9.17, 15) is 4.79 Å². The SMILES string of the molecule is Cc1cnc(C(=O)NC(Cc2ccccc2)c2sccc2C)cn1. The van der Waals surface area contributed by atoms with Gasteiger partial charge in [0.2, 0.25) is 0 Å². The van der Waals surface area contributed by atoms with Crippen LogP contribution in [0.4, 0.5) is 0 Å². The van der Waals surface area contributed by atoms with E-state index in [0.29, 0.717) is 5.69 Å². The van der Waals surface area contributed by atoms with Gasteiger partial charge in [0.05, 0.1) is 17.9 Å². The zero-order valence-corrected chi connectivity index (χ0v) is 14.5. The number of carbonyl (C=O) groups excluding carboxylic acids is 1. The van der Waals surface area contributed by atoms with E-state index in [-0.39, 0.29) is 11.9 Å². The smallest absolute Gasteiger partial charge is 0.271 e. The topological polar surface area (TPSA) is 54.9 Å². The Morgan fingerprint density at radius 3 is 2.54 bits per heavy atom. The van der Waals surface area contributed by atoms with Crippen LogP contribution in [0.3, 0.4) is 0 Å². The second-order valence-electron chi connectivity index (χ2n) is 5.73. The monoisotopic (exact) mass is 337 g/mol. The second-order valence-corrected chi connectivity index (χ2v) is 6.67. The average Bonchev–Trinajstić information content (AvgIpc) is 3.02. The minimum absolute atomic E-state index is 0.0806. The van der Waals surface area contributed by atoms with Crippen LogP contribution >= 0.6 is 11.3 Å². The van der Waals surface area contributed by atoms with Crippen molar-refractivity contribution in [3.63, 3.8) is 0 Å². The molecule has 1 unspecified atom stereocenters. The molecule has 0 bridgehead atoms. The molecule has 2 aromatic heterocycles. The number of rotatable bonds is 5. The van der Waals surface area contributed by atoms with Crippen molar-refractivity contribution in [1.29, 1.82) is 0 Å². The Hall–Kier alpha value is -2.53. The van der Waals surface area contributed by atoms with Crippen molar-refractivity contribution in [3.05, 3.63) is 81.6 Å². The molecular formula is C19H19N3OS. The molecule has 0 spiro atoms. The summed E-state index contributed by atoms with van der Waals surface area (Å²) in [7, 11) is 0. The molecule has 2 heterocycles. The molecule has 0 saturated carbocycles. The Bertz CT molecular complexity index is 812. The third kappa shape index (κ3) is 3.86. The molecule has 122 valence electrons. The van der Waals surface area contributed by atoms with Gasteiger partial charge in [-0.15, -0.1) is 11.3 Å². The maximum absolute atomic E-state index is 12.6. The van der Waals surface area contributed by atoms with Crippen LogP contribution in [-0.2, 0) is 6.42 Å². The van der Waals surface area contributed by atoms with Crippen molar-refractivity contribution in [1.82, 2.24) is 15.3 Å². The van der Waals surface area contributed by atoms with Crippen LogP contribution < -0.4 is 5.32 Å². The van der Waals surface area contributed by atoms with Crippen LogP contribution in [0.25, 0.3) is 0 Å². The predicted octanol–water partition coefficient (Wildman–Crippen LogP) is 3.87. The van der Waals surface area contributed by atoms with E-state index in [1.165, 1.54) is 22.2 Å². The molecule has 1 atom stereocenters. The first-order valence-corrected chi connectivity index (χ1v) is 8.69. The third-order valence-corrected chi connectivity index (χ3v) is 4.95. The first kappa shape index (κ1) is 16.3. The lowest BCUT2D eigenvalue weighted by molar-refractivity contribution is 0.0931. The Morgan fingerprint density at radius 2 is 1.92 bits per heavy atom. The second kappa shape index (κ2) is 7.36. The van der Waals surface area contributed by atoms with E-state index >= 15 is 0 Å². The van der Waals surface area contributed by atoms with Crippen LogP contribution in [0.2, 0.25) is 0 Å². The molecule has 1 N–H and O–H groups in total. The lowest BCUT2D eigenvalue weighted by Gasteiger charge is -2.18. The summed E-state index contributed by atoms with van der Waals surface area (Å²) in [6.07, 6.45) is 3.87. The Morgan fingerprint density at radius 1 is 1.12 bits per heavy atom. The normalized spacial score (nSPS) is 11.9. The van der Waals surface area contributed by atoms with Gasteiger partial charge < -0.3 is 5.32 Å². The maximum atomic E-state index is 12.6. The van der Waals surface area contributed by atoms with Gasteiger partial charge in [-0.25, -0.2) is 4.98 Å². The Kier molecular flexibility index (Phi) is 5.01. The Labute approximate surface area is 145 Å². The number of thiophene rings is 1.